The fraction of sp³-hybridized carbons (Fsp3) is 0.222. The lowest BCUT2D eigenvalue weighted by atomic mass is 10.2. The zero-order valence-corrected chi connectivity index (χ0v) is 12.8. The second kappa shape index (κ2) is 12.1. The summed E-state index contributed by atoms with van der Waals surface area (Å²) < 4.78 is 9.60. The maximum atomic E-state index is 10.7. The molecule has 0 amide bonds. The smallest absolute Gasteiger partial charge is 0.333 e. The van der Waals surface area contributed by atoms with Gasteiger partial charge in [-0.2, -0.15) is 5.26 Å². The first-order chi connectivity index (χ1) is 10.5. The van der Waals surface area contributed by atoms with E-state index in [9.17, 15) is 4.79 Å². The number of esters is 1. The number of carbonyl (C=O) groups is 1. The van der Waals surface area contributed by atoms with E-state index in [0.29, 0.717) is 18.8 Å². The van der Waals surface area contributed by atoms with Crippen LogP contribution < -0.4 is 0 Å². The summed E-state index contributed by atoms with van der Waals surface area (Å²) in [5.74, 6) is -0.337. The minimum Gasteiger partial charge on any atom is -0.459 e. The van der Waals surface area contributed by atoms with Gasteiger partial charge >= 0.3 is 5.97 Å². The third kappa shape index (κ3) is 11.2. The molecule has 116 valence electrons. The Morgan fingerprint density at radius 2 is 2.00 bits per heavy atom. The molecule has 1 unspecified atom stereocenters. The summed E-state index contributed by atoms with van der Waals surface area (Å²) in [4.78, 5) is 10.7. The van der Waals surface area contributed by atoms with Crippen molar-refractivity contribution >= 4 is 12.0 Å². The molecule has 1 aromatic carbocycles. The average molecular weight is 299 g/mol. The number of nitrogens with zero attached hydrogens (tertiary/aromatic N) is 1. The van der Waals surface area contributed by atoms with Crippen LogP contribution in [0, 0.1) is 11.3 Å². The molecule has 4 heteroatoms. The van der Waals surface area contributed by atoms with Crippen molar-refractivity contribution in [3.63, 3.8) is 0 Å². The molecule has 0 radical (unpaired) electrons. The van der Waals surface area contributed by atoms with Crippen molar-refractivity contribution in [2.24, 2.45) is 0 Å². The molecular weight excluding hydrogens is 278 g/mol. The van der Waals surface area contributed by atoms with Gasteiger partial charge in [-0.3, -0.25) is 0 Å². The highest BCUT2D eigenvalue weighted by molar-refractivity contribution is 5.86. The van der Waals surface area contributed by atoms with Crippen LogP contribution >= 0.6 is 0 Å². The van der Waals surface area contributed by atoms with Crippen LogP contribution in [0.25, 0.3) is 6.08 Å². The molecule has 0 N–H and O–H groups in total. The Morgan fingerprint density at radius 3 is 2.32 bits per heavy atom. The van der Waals surface area contributed by atoms with Crippen molar-refractivity contribution in [1.82, 2.24) is 0 Å². The number of hydrogen-bond donors (Lipinski definition) is 0. The number of allylic oxidation sites excluding steroid dienone is 1. The molecule has 1 aromatic rings. The first-order valence-corrected chi connectivity index (χ1v) is 6.67. The fourth-order valence-electron chi connectivity index (χ4n) is 1.05. The van der Waals surface area contributed by atoms with E-state index >= 15 is 0 Å². The summed E-state index contributed by atoms with van der Waals surface area (Å²) >= 11 is 0. The van der Waals surface area contributed by atoms with Gasteiger partial charge in [-0.15, -0.1) is 0 Å². The summed E-state index contributed by atoms with van der Waals surface area (Å²) in [7, 11) is 0. The second-order valence-corrected chi connectivity index (χ2v) is 4.28. The van der Waals surface area contributed by atoms with Crippen LogP contribution in [0.1, 0.15) is 12.5 Å². The van der Waals surface area contributed by atoms with Gasteiger partial charge in [-0.25, -0.2) is 4.79 Å². The van der Waals surface area contributed by atoms with Gasteiger partial charge < -0.3 is 9.47 Å². The van der Waals surface area contributed by atoms with Gasteiger partial charge in [0.1, 0.15) is 12.7 Å². The van der Waals surface area contributed by atoms with Crippen LogP contribution in [0.3, 0.4) is 0 Å². The molecule has 0 saturated carbocycles. The van der Waals surface area contributed by atoms with Crippen LogP contribution in [-0.4, -0.2) is 25.3 Å². The largest absolute Gasteiger partial charge is 0.459 e. The van der Waals surface area contributed by atoms with Crippen LogP contribution in [0.15, 0.2) is 61.7 Å². The molecule has 22 heavy (non-hydrogen) atoms. The summed E-state index contributed by atoms with van der Waals surface area (Å²) in [5.41, 5.74) is 1.60. The first kappa shape index (κ1) is 19.4. The highest BCUT2D eigenvalue weighted by Crippen LogP contribution is 2.09. The number of nitriles is 1. The Kier molecular flexibility index (Phi) is 10.7. The molecule has 1 saturated heterocycles. The topological polar surface area (TPSA) is 62.6 Å². The fourth-order valence-corrected chi connectivity index (χ4v) is 1.05. The van der Waals surface area contributed by atoms with Crippen LogP contribution in [0.2, 0.25) is 0 Å². The number of rotatable bonds is 4. The number of hydrogen-bond acceptors (Lipinski definition) is 4. The molecular formula is C18H21NO3. The Hall–Kier alpha value is -2.64. The number of ether oxygens (including phenoxy) is 2. The van der Waals surface area contributed by atoms with Gasteiger partial charge in [0.2, 0.25) is 0 Å². The monoisotopic (exact) mass is 299 g/mol. The highest BCUT2D eigenvalue weighted by Gasteiger charge is 2.24. The molecule has 1 aliphatic heterocycles. The van der Waals surface area contributed by atoms with E-state index in [2.05, 4.69) is 19.7 Å². The van der Waals surface area contributed by atoms with E-state index in [1.165, 1.54) is 11.6 Å². The van der Waals surface area contributed by atoms with E-state index in [1.54, 1.807) is 13.0 Å². The third-order valence-electron chi connectivity index (χ3n) is 2.28. The molecule has 0 aliphatic carbocycles. The predicted octanol–water partition coefficient (Wildman–Crippen LogP) is 3.53. The van der Waals surface area contributed by atoms with Crippen molar-refractivity contribution in [3.8, 4) is 6.07 Å². The average Bonchev–Trinajstić information content (AvgIpc) is 3.38. The van der Waals surface area contributed by atoms with Crippen LogP contribution in [0.5, 0.6) is 0 Å². The van der Waals surface area contributed by atoms with Crippen molar-refractivity contribution in [2.75, 3.05) is 13.2 Å². The second-order valence-electron chi connectivity index (χ2n) is 4.28. The Labute approximate surface area is 132 Å². The number of carbonyl (C=O) groups excluding carboxylic acids is 1. The predicted molar refractivity (Wildman–Crippen MR) is 87.9 cm³/mol. The molecule has 1 aliphatic rings. The standard InChI is InChI=1S/C8H8.C7H10O3.C3H3N/c1-2-8-6-4-3-5-7-8;1-5(2)7(8)10-4-6-3-9-6;1-2-3-4/h2-7H,1H2;6H,1,3-4H2,2H3;2H,1H2. The summed E-state index contributed by atoms with van der Waals surface area (Å²) in [6.45, 7) is 12.9. The zero-order valence-electron chi connectivity index (χ0n) is 12.8. The summed E-state index contributed by atoms with van der Waals surface area (Å²) in [6, 6.07) is 11.7. The first-order valence-electron chi connectivity index (χ1n) is 6.67. The quantitative estimate of drug-likeness (QED) is 0.369. The van der Waals surface area contributed by atoms with Gasteiger partial charge in [0.25, 0.3) is 0 Å². The van der Waals surface area contributed by atoms with E-state index in [4.69, 9.17) is 14.7 Å². The molecule has 0 bridgehead atoms. The van der Waals surface area contributed by atoms with Crippen molar-refractivity contribution in [3.05, 3.63) is 67.3 Å². The van der Waals surface area contributed by atoms with E-state index in [1.807, 2.05) is 36.4 Å². The van der Waals surface area contributed by atoms with Gasteiger partial charge in [0, 0.05) is 11.6 Å². The van der Waals surface area contributed by atoms with Gasteiger partial charge in [0.15, 0.2) is 0 Å². The van der Waals surface area contributed by atoms with E-state index in [-0.39, 0.29) is 12.1 Å². The summed E-state index contributed by atoms with van der Waals surface area (Å²) in [6.07, 6.45) is 3.16. The Balaban J connectivity index is 0.000000330. The van der Waals surface area contributed by atoms with Crippen LogP contribution in [0.4, 0.5) is 0 Å². The Bertz CT molecular complexity index is 525. The van der Waals surface area contributed by atoms with Crippen molar-refractivity contribution < 1.29 is 14.3 Å². The maximum Gasteiger partial charge on any atom is 0.333 e. The zero-order chi connectivity index (χ0) is 16.8. The van der Waals surface area contributed by atoms with Crippen molar-refractivity contribution in [2.45, 2.75) is 13.0 Å². The lowest BCUT2D eigenvalue weighted by molar-refractivity contribution is -0.139. The third-order valence-corrected chi connectivity index (χ3v) is 2.28. The normalized spacial score (nSPS) is 13.7. The maximum absolute atomic E-state index is 10.7. The molecule has 1 atom stereocenters. The summed E-state index contributed by atoms with van der Waals surface area (Å²) in [5, 5.41) is 7.51. The molecule has 1 fully saturated rings. The number of epoxide rings is 1. The van der Waals surface area contributed by atoms with Gasteiger partial charge in [0.05, 0.1) is 12.7 Å². The molecule has 0 aromatic heterocycles. The minimum atomic E-state index is -0.337. The molecule has 1 heterocycles. The molecule has 4 nitrogen and oxygen atoms in total. The van der Waals surface area contributed by atoms with Crippen LogP contribution in [-0.2, 0) is 14.3 Å². The SMILES string of the molecule is C=C(C)C(=O)OCC1CO1.C=CC#N.C=Cc1ccccc1. The van der Waals surface area contributed by atoms with Gasteiger partial charge in [-0.05, 0) is 12.5 Å². The number of benzene rings is 1. The lowest BCUT2D eigenvalue weighted by Crippen LogP contribution is -2.09. The minimum absolute atomic E-state index is 0.142. The lowest BCUT2D eigenvalue weighted by Gasteiger charge is -1.99. The van der Waals surface area contributed by atoms with E-state index in [0.717, 1.165) is 0 Å². The Morgan fingerprint density at radius 1 is 1.45 bits per heavy atom. The molecule has 2 rings (SSSR count). The van der Waals surface area contributed by atoms with Crippen molar-refractivity contribution in [1.29, 1.82) is 5.26 Å². The molecule has 0 spiro atoms. The highest BCUT2D eigenvalue weighted by atomic mass is 16.6. The van der Waals surface area contributed by atoms with E-state index < -0.39 is 0 Å². The van der Waals surface area contributed by atoms with Gasteiger partial charge in [-0.1, -0.05) is 56.1 Å².